The molecule has 18 nitrogen and oxygen atoms in total. The van der Waals surface area contributed by atoms with Crippen LogP contribution in [0.5, 0.6) is 0 Å². The third kappa shape index (κ3) is 18.6. The lowest BCUT2D eigenvalue weighted by Gasteiger charge is -2.45. The number of carboxylic acids is 1. The van der Waals surface area contributed by atoms with Gasteiger partial charge in [-0.1, -0.05) is 98.9 Å². The van der Waals surface area contributed by atoms with Gasteiger partial charge >= 0.3 is 11.9 Å². The van der Waals surface area contributed by atoms with Crippen molar-refractivity contribution >= 4 is 11.9 Å². The summed E-state index contributed by atoms with van der Waals surface area (Å²) in [6, 6.07) is -1.15. The van der Waals surface area contributed by atoms with E-state index in [4.69, 9.17) is 24.7 Å². The Labute approximate surface area is 381 Å². The molecule has 19 atom stereocenters. The van der Waals surface area contributed by atoms with Crippen LogP contribution in [0.25, 0.3) is 0 Å². The van der Waals surface area contributed by atoms with Gasteiger partial charge in [0.1, 0.15) is 18.1 Å². The fourth-order valence-electron chi connectivity index (χ4n) is 7.97. The van der Waals surface area contributed by atoms with Gasteiger partial charge in [-0.2, -0.15) is 0 Å². The molecule has 0 aromatic heterocycles. The maximum absolute atomic E-state index is 12.6. The minimum absolute atomic E-state index is 0.107. The highest BCUT2D eigenvalue weighted by Crippen LogP contribution is 2.38. The fourth-order valence-corrected chi connectivity index (χ4v) is 7.97. The second-order valence-corrected chi connectivity index (χ2v) is 17.6. The van der Waals surface area contributed by atoms with Crippen LogP contribution < -0.4 is 5.73 Å². The molecule has 0 aliphatic carbocycles. The number of esters is 1. The van der Waals surface area contributed by atoms with E-state index in [1.165, 1.54) is 13.0 Å². The van der Waals surface area contributed by atoms with Gasteiger partial charge in [-0.15, -0.1) is 0 Å². The van der Waals surface area contributed by atoms with Crippen LogP contribution in [0.15, 0.2) is 85.1 Å². The Morgan fingerprint density at radius 2 is 1.23 bits per heavy atom. The highest BCUT2D eigenvalue weighted by atomic mass is 16.7. The molecule has 3 aliphatic rings. The number of cyclic esters (lactones) is 1. The largest absolute Gasteiger partial charge is 0.481 e. The Morgan fingerprint density at radius 1 is 0.662 bits per heavy atom. The molecule has 3 heterocycles. The summed E-state index contributed by atoms with van der Waals surface area (Å²) in [5, 5.41) is 118. The zero-order valence-corrected chi connectivity index (χ0v) is 37.6. The van der Waals surface area contributed by atoms with Crippen LogP contribution >= 0.6 is 0 Å². The first-order valence-electron chi connectivity index (χ1n) is 22.3. The number of hydrogen-bond donors (Lipinski definition) is 12. The molecular weight excluding hydrogens is 851 g/mol. The van der Waals surface area contributed by atoms with Crippen molar-refractivity contribution in [2.45, 2.75) is 177 Å². The molecule has 2 fully saturated rings. The number of carbonyl (C=O) groups is 2. The molecule has 0 unspecified atom stereocenters. The molecule has 0 aromatic carbocycles. The lowest BCUT2D eigenvalue weighted by atomic mass is 9.82. The van der Waals surface area contributed by atoms with E-state index < -0.39 is 147 Å². The summed E-state index contributed by atoms with van der Waals surface area (Å²) >= 11 is 0. The number of carbonyl (C=O) groups excluding carboxylic acids is 1. The van der Waals surface area contributed by atoms with Crippen LogP contribution in [0.3, 0.4) is 0 Å². The van der Waals surface area contributed by atoms with Crippen molar-refractivity contribution in [3.05, 3.63) is 85.1 Å². The van der Waals surface area contributed by atoms with E-state index in [9.17, 15) is 65.8 Å². The molecule has 18 heteroatoms. The highest BCUT2D eigenvalue weighted by Gasteiger charge is 2.51. The molecule has 0 spiro atoms. The quantitative estimate of drug-likeness (QED) is 0.174. The van der Waals surface area contributed by atoms with Crippen LogP contribution in [-0.4, -0.2) is 166 Å². The molecule has 2 bridgehead atoms. The number of hydrogen-bond acceptors (Lipinski definition) is 17. The molecule has 0 amide bonds. The summed E-state index contributed by atoms with van der Waals surface area (Å²) in [6.45, 7) is 6.74. The smallest absolute Gasteiger partial charge is 0.311 e. The normalized spacial score (nSPS) is 45.5. The number of allylic oxidation sites excluding steroid dienone is 12. The standard InChI is InChI=1S/C47H73NO17/c1-27-17-15-13-11-9-7-5-6-8-10-12-14-16-18-34(64-46-44(58)41(48)43(57)30(4)63-46)24-38-40(45(59)60)37(54)26-47(61,65-38)25-33(51)22-36(53)35(52)20-19-31(49)21-32(50)23-39(55)62-29(3)28(2)42(27)56/h5-18,27-38,40-44,46,49-54,56-58,61H,19-26,48H2,1-4H3,(H,59,60)/b6-5+,9-7+,10-8+,13-11-,14-12+,17-15+,18-16+/t27-,28+,29-,30-,31+,32+,33-,34+,35-,36+,37-,38-,40-,41+,42-,43+,44+,46+,47+/m1/s1. The van der Waals surface area contributed by atoms with Crippen LogP contribution in [0.4, 0.5) is 0 Å². The Bertz CT molecular complexity index is 1670. The van der Waals surface area contributed by atoms with Gasteiger partial charge in [0.2, 0.25) is 0 Å². The molecule has 0 aromatic rings. The number of nitrogens with two attached hydrogens (primary N) is 1. The topological polar surface area (TPSA) is 320 Å². The van der Waals surface area contributed by atoms with Crippen LogP contribution in [0.2, 0.25) is 0 Å². The van der Waals surface area contributed by atoms with E-state index in [1.807, 2.05) is 19.1 Å². The summed E-state index contributed by atoms with van der Waals surface area (Å²) in [5.74, 6) is -6.83. The number of aliphatic hydroxyl groups excluding tert-OH is 9. The van der Waals surface area contributed by atoms with Gasteiger partial charge in [-0.3, -0.25) is 9.59 Å². The zero-order valence-electron chi connectivity index (χ0n) is 37.6. The average Bonchev–Trinajstić information content (AvgIpc) is 3.21. The van der Waals surface area contributed by atoms with Crippen LogP contribution in [0, 0.1) is 17.8 Å². The summed E-state index contributed by atoms with van der Waals surface area (Å²) in [4.78, 5) is 25.1. The SMILES string of the molecule is C[C@@H]1[C@H](O)[C@H](C)/C=C/C=C\C=C\C=C\C=C\C=C\C=C\[C@H](O[C@@H]2O[C@H](C)[C@H](O)[C@H](N)[C@@H]2O)C[C@H]2O[C@@](O)(C[C@H](O)C[C@H](O)[C@H](O)CC[C@H](O)C[C@H](O)CC(=O)O[C@@H]1C)C[C@@H](O)[C@H]2C(=O)O. The maximum Gasteiger partial charge on any atom is 0.311 e. The van der Waals surface area contributed by atoms with Crippen molar-refractivity contribution in [2.24, 2.45) is 23.5 Å². The summed E-state index contributed by atoms with van der Waals surface area (Å²) in [7, 11) is 0. The zero-order chi connectivity index (χ0) is 48.4. The van der Waals surface area contributed by atoms with E-state index in [-0.39, 0.29) is 31.6 Å². The van der Waals surface area contributed by atoms with Crippen molar-refractivity contribution in [3.8, 4) is 0 Å². The second-order valence-electron chi connectivity index (χ2n) is 17.6. The molecule has 65 heavy (non-hydrogen) atoms. The molecule has 368 valence electrons. The van der Waals surface area contributed by atoms with Gasteiger partial charge in [0, 0.05) is 37.5 Å². The Kier molecular flexibility index (Phi) is 23.6. The minimum Gasteiger partial charge on any atom is -0.481 e. The molecule has 2 saturated heterocycles. The van der Waals surface area contributed by atoms with Crippen molar-refractivity contribution in [2.75, 3.05) is 0 Å². The first-order chi connectivity index (χ1) is 30.6. The average molecular weight is 924 g/mol. The van der Waals surface area contributed by atoms with E-state index in [0.29, 0.717) is 0 Å². The molecular formula is C47H73NO17. The first kappa shape index (κ1) is 55.9. The molecule has 0 saturated carbocycles. The molecule has 0 radical (unpaired) electrons. The third-order valence-corrected chi connectivity index (χ3v) is 12.0. The molecule has 13 N–H and O–H groups in total. The lowest BCUT2D eigenvalue weighted by molar-refractivity contribution is -0.308. The Hall–Kier alpha value is -3.44. The summed E-state index contributed by atoms with van der Waals surface area (Å²) in [5.41, 5.74) is 6.02. The number of aliphatic hydroxyl groups is 10. The second kappa shape index (κ2) is 27.4. The number of aliphatic carboxylic acids is 1. The van der Waals surface area contributed by atoms with E-state index >= 15 is 0 Å². The van der Waals surface area contributed by atoms with Crippen molar-refractivity contribution in [1.82, 2.24) is 0 Å². The van der Waals surface area contributed by atoms with E-state index in [2.05, 4.69) is 0 Å². The van der Waals surface area contributed by atoms with Crippen molar-refractivity contribution in [3.63, 3.8) is 0 Å². The number of fused-ring (bicyclic) bond motifs is 2. The van der Waals surface area contributed by atoms with Gasteiger partial charge in [0.25, 0.3) is 0 Å². The van der Waals surface area contributed by atoms with Crippen molar-refractivity contribution in [1.29, 1.82) is 0 Å². The van der Waals surface area contributed by atoms with Crippen molar-refractivity contribution < 1.29 is 84.7 Å². The number of ether oxygens (including phenoxy) is 4. The number of rotatable bonds is 3. The summed E-state index contributed by atoms with van der Waals surface area (Å²) in [6.07, 6.45) is 3.46. The summed E-state index contributed by atoms with van der Waals surface area (Å²) < 4.78 is 23.1. The maximum atomic E-state index is 12.6. The van der Waals surface area contributed by atoms with Gasteiger partial charge < -0.3 is 80.9 Å². The van der Waals surface area contributed by atoms with Crippen LogP contribution in [-0.2, 0) is 28.5 Å². The minimum atomic E-state index is -2.33. The molecule has 3 aliphatic heterocycles. The van der Waals surface area contributed by atoms with Gasteiger partial charge in [-0.25, -0.2) is 0 Å². The third-order valence-electron chi connectivity index (χ3n) is 12.0. The number of carboxylic acid groups (broad SMARTS) is 1. The fraction of sp³-hybridized carbons (Fsp3) is 0.660. The predicted octanol–water partition coefficient (Wildman–Crippen LogP) is 0.712. The van der Waals surface area contributed by atoms with Crippen LogP contribution in [0.1, 0.15) is 79.1 Å². The lowest BCUT2D eigenvalue weighted by Crippen LogP contribution is -2.61. The predicted molar refractivity (Wildman–Crippen MR) is 237 cm³/mol. The van der Waals surface area contributed by atoms with Gasteiger partial charge in [0.05, 0.1) is 79.6 Å². The Balaban J connectivity index is 1.86. The van der Waals surface area contributed by atoms with E-state index in [1.54, 1.807) is 80.7 Å². The van der Waals surface area contributed by atoms with E-state index in [0.717, 1.165) is 0 Å². The first-order valence-corrected chi connectivity index (χ1v) is 22.3. The Morgan fingerprint density at radius 3 is 1.82 bits per heavy atom. The van der Waals surface area contributed by atoms with Gasteiger partial charge in [-0.05, 0) is 33.1 Å². The van der Waals surface area contributed by atoms with Gasteiger partial charge in [0.15, 0.2) is 12.1 Å². The highest BCUT2D eigenvalue weighted by molar-refractivity contribution is 5.71. The monoisotopic (exact) mass is 923 g/mol. The molecule has 3 rings (SSSR count).